The number of carboxylic acids is 1. The smallest absolute Gasteiger partial charge is 0.408 e. The van der Waals surface area contributed by atoms with Crippen LogP contribution in [0.2, 0.25) is 0 Å². The Balaban J connectivity index is 1.47. The van der Waals surface area contributed by atoms with E-state index in [9.17, 15) is 19.5 Å². The van der Waals surface area contributed by atoms with Gasteiger partial charge in [-0.3, -0.25) is 4.79 Å². The van der Waals surface area contributed by atoms with Gasteiger partial charge in [0, 0.05) is 5.92 Å². The predicted molar refractivity (Wildman–Crippen MR) is 129 cm³/mol. The zero-order valence-corrected chi connectivity index (χ0v) is 19.1. The Morgan fingerprint density at radius 3 is 2.06 bits per heavy atom. The summed E-state index contributed by atoms with van der Waals surface area (Å²) in [4.78, 5) is 36.4. The lowest BCUT2D eigenvalue weighted by Gasteiger charge is -2.20. The lowest BCUT2D eigenvalue weighted by molar-refractivity contribution is -0.146. The third kappa shape index (κ3) is 5.33. The molecule has 0 fully saturated rings. The zero-order valence-electron chi connectivity index (χ0n) is 19.1. The highest BCUT2D eigenvalue weighted by atomic mass is 16.5. The number of carbonyl (C=O) groups is 3. The number of nitrogens with one attached hydrogen (secondary N) is 2. The molecule has 4 rings (SSSR count). The lowest BCUT2D eigenvalue weighted by Crippen LogP contribution is -2.44. The SMILES string of the molecule is Cc1ccc(C(NC(=O)OCC2c3ccccc3-c3ccccc32)C(=O)NC[C@H](O)C(=O)O)cc1. The monoisotopic (exact) mass is 474 g/mol. The van der Waals surface area contributed by atoms with Gasteiger partial charge in [-0.2, -0.15) is 0 Å². The highest BCUT2D eigenvalue weighted by Gasteiger charge is 2.30. The van der Waals surface area contributed by atoms with Crippen molar-refractivity contribution >= 4 is 18.0 Å². The minimum Gasteiger partial charge on any atom is -0.479 e. The maximum absolute atomic E-state index is 12.8. The van der Waals surface area contributed by atoms with Gasteiger partial charge in [-0.15, -0.1) is 0 Å². The van der Waals surface area contributed by atoms with Crippen molar-refractivity contribution in [2.45, 2.75) is 25.0 Å². The molecular formula is C27H26N2O6. The number of ether oxygens (including phenoxy) is 1. The number of alkyl carbamates (subject to hydrolysis) is 1. The first kappa shape index (κ1) is 24.0. The van der Waals surface area contributed by atoms with Crippen molar-refractivity contribution < 1.29 is 29.3 Å². The molecule has 8 nitrogen and oxygen atoms in total. The van der Waals surface area contributed by atoms with Crippen molar-refractivity contribution in [3.8, 4) is 11.1 Å². The molecule has 3 aromatic carbocycles. The topological polar surface area (TPSA) is 125 Å². The van der Waals surface area contributed by atoms with Crippen LogP contribution >= 0.6 is 0 Å². The van der Waals surface area contributed by atoms with Crippen LogP contribution in [0.15, 0.2) is 72.8 Å². The molecule has 4 N–H and O–H groups in total. The van der Waals surface area contributed by atoms with Crippen LogP contribution in [0.5, 0.6) is 0 Å². The first-order chi connectivity index (χ1) is 16.8. The maximum Gasteiger partial charge on any atom is 0.408 e. The molecule has 2 atom stereocenters. The Hall–Kier alpha value is -4.17. The number of aliphatic carboxylic acids is 1. The molecule has 3 aromatic rings. The molecule has 35 heavy (non-hydrogen) atoms. The van der Waals surface area contributed by atoms with E-state index in [4.69, 9.17) is 9.84 Å². The van der Waals surface area contributed by atoms with Crippen molar-refractivity contribution in [1.82, 2.24) is 10.6 Å². The van der Waals surface area contributed by atoms with Gasteiger partial charge in [0.05, 0.1) is 6.54 Å². The van der Waals surface area contributed by atoms with Gasteiger partial charge in [-0.25, -0.2) is 9.59 Å². The van der Waals surface area contributed by atoms with E-state index < -0.39 is 36.7 Å². The average molecular weight is 475 g/mol. The van der Waals surface area contributed by atoms with Crippen LogP contribution in [0.4, 0.5) is 4.79 Å². The molecular weight excluding hydrogens is 448 g/mol. The number of rotatable bonds is 8. The van der Waals surface area contributed by atoms with Crippen LogP contribution in [0.25, 0.3) is 11.1 Å². The molecule has 0 bridgehead atoms. The summed E-state index contributed by atoms with van der Waals surface area (Å²) in [5.74, 6) is -2.25. The van der Waals surface area contributed by atoms with Gasteiger partial charge in [-0.1, -0.05) is 78.4 Å². The molecule has 0 saturated heterocycles. The van der Waals surface area contributed by atoms with Crippen LogP contribution in [0.3, 0.4) is 0 Å². The van der Waals surface area contributed by atoms with Gasteiger partial charge in [-0.05, 0) is 34.7 Å². The molecule has 0 aliphatic heterocycles. The van der Waals surface area contributed by atoms with Crippen molar-refractivity contribution in [3.05, 3.63) is 95.1 Å². The second-order valence-electron chi connectivity index (χ2n) is 8.41. The number of fused-ring (bicyclic) bond motifs is 3. The van der Waals surface area contributed by atoms with Gasteiger partial charge in [0.25, 0.3) is 0 Å². The minimum absolute atomic E-state index is 0.0832. The molecule has 8 heteroatoms. The number of aliphatic hydroxyl groups excluding tert-OH is 1. The Morgan fingerprint density at radius 1 is 0.914 bits per heavy atom. The second kappa shape index (κ2) is 10.4. The summed E-state index contributed by atoms with van der Waals surface area (Å²) in [5.41, 5.74) is 5.80. The number of aliphatic hydroxyl groups is 1. The Bertz CT molecular complexity index is 1190. The Labute approximate surface area is 202 Å². The normalized spacial score (nSPS) is 13.8. The first-order valence-corrected chi connectivity index (χ1v) is 11.2. The van der Waals surface area contributed by atoms with Gasteiger partial charge < -0.3 is 25.6 Å². The van der Waals surface area contributed by atoms with Crippen LogP contribution in [0.1, 0.15) is 34.2 Å². The minimum atomic E-state index is -1.76. The number of hydrogen-bond acceptors (Lipinski definition) is 5. The number of amides is 2. The van der Waals surface area contributed by atoms with Gasteiger partial charge in [0.1, 0.15) is 12.6 Å². The van der Waals surface area contributed by atoms with Crippen LogP contribution < -0.4 is 10.6 Å². The molecule has 0 radical (unpaired) electrons. The Kier molecular flexibility index (Phi) is 7.12. The van der Waals surface area contributed by atoms with Crippen LogP contribution in [-0.4, -0.2) is 47.4 Å². The van der Waals surface area contributed by atoms with E-state index in [0.29, 0.717) is 5.56 Å². The number of carbonyl (C=O) groups excluding carboxylic acids is 2. The number of aryl methyl sites for hydroxylation is 1. The summed E-state index contributed by atoms with van der Waals surface area (Å²) < 4.78 is 5.56. The number of benzene rings is 3. The summed E-state index contributed by atoms with van der Waals surface area (Å²) in [7, 11) is 0. The highest BCUT2D eigenvalue weighted by Crippen LogP contribution is 2.44. The summed E-state index contributed by atoms with van der Waals surface area (Å²) in [5, 5.41) is 23.3. The summed E-state index contributed by atoms with van der Waals surface area (Å²) in [6.45, 7) is 1.48. The lowest BCUT2D eigenvalue weighted by atomic mass is 9.98. The second-order valence-corrected chi connectivity index (χ2v) is 8.41. The standard InChI is InChI=1S/C27H26N2O6/c1-16-10-12-17(13-11-16)24(25(31)28-14-23(30)26(32)33)29-27(34)35-15-22-20-8-4-2-6-18(20)19-7-3-5-9-21(19)22/h2-13,22-24,30H,14-15H2,1H3,(H,28,31)(H,29,34)(H,32,33)/t23-,24?/m0/s1. The fourth-order valence-corrected chi connectivity index (χ4v) is 4.20. The summed E-state index contributed by atoms with van der Waals surface area (Å²) in [6.07, 6.45) is -2.54. The third-order valence-electron chi connectivity index (χ3n) is 6.03. The predicted octanol–water partition coefficient (Wildman–Crippen LogP) is 3.14. The Morgan fingerprint density at radius 2 is 1.49 bits per heavy atom. The summed E-state index contributed by atoms with van der Waals surface area (Å²) >= 11 is 0. The first-order valence-electron chi connectivity index (χ1n) is 11.2. The van der Waals surface area contributed by atoms with E-state index in [1.54, 1.807) is 24.3 Å². The van der Waals surface area contributed by atoms with E-state index in [-0.39, 0.29) is 12.5 Å². The van der Waals surface area contributed by atoms with Crippen molar-refractivity contribution in [2.24, 2.45) is 0 Å². The molecule has 0 saturated carbocycles. The van der Waals surface area contributed by atoms with E-state index in [0.717, 1.165) is 27.8 Å². The molecule has 1 unspecified atom stereocenters. The van der Waals surface area contributed by atoms with Crippen molar-refractivity contribution in [1.29, 1.82) is 0 Å². The number of carboxylic acid groups (broad SMARTS) is 1. The van der Waals surface area contributed by atoms with Crippen molar-refractivity contribution in [2.75, 3.05) is 13.2 Å². The highest BCUT2D eigenvalue weighted by molar-refractivity contribution is 5.87. The van der Waals surface area contributed by atoms with Crippen LogP contribution in [-0.2, 0) is 14.3 Å². The quantitative estimate of drug-likeness (QED) is 0.398. The van der Waals surface area contributed by atoms with E-state index in [1.807, 2.05) is 55.5 Å². The molecule has 0 heterocycles. The van der Waals surface area contributed by atoms with Crippen LogP contribution in [0, 0.1) is 6.92 Å². The molecule has 2 amide bonds. The summed E-state index contributed by atoms with van der Waals surface area (Å²) in [6, 6.07) is 21.8. The van der Waals surface area contributed by atoms with E-state index in [1.165, 1.54) is 0 Å². The third-order valence-corrected chi connectivity index (χ3v) is 6.03. The average Bonchev–Trinajstić information content (AvgIpc) is 3.18. The van der Waals surface area contributed by atoms with Gasteiger partial charge >= 0.3 is 12.1 Å². The molecule has 0 aromatic heterocycles. The molecule has 0 spiro atoms. The van der Waals surface area contributed by atoms with Gasteiger partial charge in [0.15, 0.2) is 6.10 Å². The van der Waals surface area contributed by atoms with E-state index in [2.05, 4.69) is 10.6 Å². The molecule has 180 valence electrons. The number of hydrogen-bond donors (Lipinski definition) is 4. The zero-order chi connectivity index (χ0) is 24.9. The van der Waals surface area contributed by atoms with Gasteiger partial charge in [0.2, 0.25) is 5.91 Å². The maximum atomic E-state index is 12.8. The fourth-order valence-electron chi connectivity index (χ4n) is 4.20. The largest absolute Gasteiger partial charge is 0.479 e. The molecule has 1 aliphatic carbocycles. The van der Waals surface area contributed by atoms with Crippen molar-refractivity contribution in [3.63, 3.8) is 0 Å². The van der Waals surface area contributed by atoms with E-state index >= 15 is 0 Å². The molecule has 1 aliphatic rings. The fraction of sp³-hybridized carbons (Fsp3) is 0.222.